The predicted molar refractivity (Wildman–Crippen MR) is 58.5 cm³/mol. The Morgan fingerprint density at radius 1 is 1.27 bits per heavy atom. The van der Waals surface area contributed by atoms with Crippen LogP contribution in [-0.2, 0) is 0 Å². The Morgan fingerprint density at radius 2 is 1.80 bits per heavy atom. The first kappa shape index (κ1) is 12.3. The van der Waals surface area contributed by atoms with Crippen LogP contribution in [0.15, 0.2) is 0 Å². The van der Waals surface area contributed by atoms with Gasteiger partial charge in [0, 0.05) is 19.1 Å². The van der Waals surface area contributed by atoms with E-state index in [-0.39, 0.29) is 12.1 Å². The lowest BCUT2D eigenvalue weighted by Gasteiger charge is -2.30. The van der Waals surface area contributed by atoms with Gasteiger partial charge in [-0.25, -0.2) is 4.79 Å². The zero-order valence-corrected chi connectivity index (χ0v) is 9.42. The number of carbonyl (C=O) groups excluding carboxylic acids is 1. The maximum absolute atomic E-state index is 11.1. The molecule has 0 aromatic carbocycles. The molecule has 0 bridgehead atoms. The first-order valence-electron chi connectivity index (χ1n) is 5.54. The summed E-state index contributed by atoms with van der Waals surface area (Å²) in [6.07, 6.45) is 3.49. The van der Waals surface area contributed by atoms with Gasteiger partial charge in [-0.3, -0.25) is 5.32 Å². The van der Waals surface area contributed by atoms with Crippen LogP contribution in [0.25, 0.3) is 0 Å². The molecule has 0 radical (unpaired) electrons. The molecule has 1 atom stereocenters. The third kappa shape index (κ3) is 4.48. The van der Waals surface area contributed by atoms with E-state index in [4.69, 9.17) is 5.11 Å². The largest absolute Gasteiger partial charge is 0.379 e. The number of amides is 2. The third-order valence-electron chi connectivity index (χ3n) is 2.77. The number of hydrogen-bond acceptors (Lipinski definition) is 3. The molecule has 1 fully saturated rings. The zero-order valence-electron chi connectivity index (χ0n) is 9.42. The summed E-state index contributed by atoms with van der Waals surface area (Å²) in [4.78, 5) is 11.1. The molecule has 0 aromatic heterocycles. The normalized spacial score (nSPS) is 28.2. The minimum absolute atomic E-state index is 0.109. The Morgan fingerprint density at radius 3 is 2.27 bits per heavy atom. The molecule has 1 unspecified atom stereocenters. The SMILES string of the molecule is CNC(=O)NC1CCC(NC(C)O)CC1. The highest BCUT2D eigenvalue weighted by molar-refractivity contribution is 5.73. The van der Waals surface area contributed by atoms with Crippen molar-refractivity contribution in [3.8, 4) is 0 Å². The summed E-state index contributed by atoms with van der Waals surface area (Å²) in [6, 6.07) is 0.548. The molecule has 88 valence electrons. The second kappa shape index (κ2) is 5.92. The lowest BCUT2D eigenvalue weighted by molar-refractivity contribution is 0.127. The fourth-order valence-electron chi connectivity index (χ4n) is 2.00. The van der Waals surface area contributed by atoms with Crippen molar-refractivity contribution >= 4 is 6.03 Å². The van der Waals surface area contributed by atoms with Gasteiger partial charge >= 0.3 is 6.03 Å². The molecule has 1 aliphatic rings. The van der Waals surface area contributed by atoms with Crippen molar-refractivity contribution in [2.24, 2.45) is 0 Å². The van der Waals surface area contributed by atoms with Crippen LogP contribution in [0.1, 0.15) is 32.6 Å². The number of urea groups is 1. The van der Waals surface area contributed by atoms with Crippen molar-refractivity contribution in [1.82, 2.24) is 16.0 Å². The average Bonchev–Trinajstić information content (AvgIpc) is 2.20. The van der Waals surface area contributed by atoms with Gasteiger partial charge in [0.2, 0.25) is 0 Å². The molecule has 2 amide bonds. The van der Waals surface area contributed by atoms with Gasteiger partial charge in [-0.05, 0) is 32.6 Å². The lowest BCUT2D eigenvalue weighted by atomic mass is 9.91. The smallest absolute Gasteiger partial charge is 0.314 e. The Hall–Kier alpha value is -0.810. The molecule has 0 heterocycles. The molecule has 1 aliphatic carbocycles. The van der Waals surface area contributed by atoms with Crippen LogP contribution in [-0.4, -0.2) is 36.5 Å². The van der Waals surface area contributed by atoms with Gasteiger partial charge in [0.15, 0.2) is 0 Å². The van der Waals surface area contributed by atoms with Crippen molar-refractivity contribution in [3.05, 3.63) is 0 Å². The molecular weight excluding hydrogens is 194 g/mol. The van der Waals surface area contributed by atoms with E-state index in [0.717, 1.165) is 25.7 Å². The summed E-state index contributed by atoms with van der Waals surface area (Å²) in [5.41, 5.74) is 0. The van der Waals surface area contributed by atoms with Crippen molar-refractivity contribution < 1.29 is 9.90 Å². The molecule has 5 nitrogen and oxygen atoms in total. The van der Waals surface area contributed by atoms with Gasteiger partial charge in [-0.1, -0.05) is 0 Å². The first-order chi connectivity index (χ1) is 7.11. The van der Waals surface area contributed by atoms with Gasteiger partial charge in [0.05, 0.1) is 0 Å². The highest BCUT2D eigenvalue weighted by Gasteiger charge is 2.22. The first-order valence-corrected chi connectivity index (χ1v) is 5.54. The second-order valence-electron chi connectivity index (χ2n) is 4.11. The standard InChI is InChI=1S/C10H21N3O2/c1-7(14)12-8-3-5-9(6-4-8)13-10(15)11-2/h7-9,12,14H,3-6H2,1-2H3,(H2,11,13,15). The van der Waals surface area contributed by atoms with E-state index in [0.29, 0.717) is 6.04 Å². The highest BCUT2D eigenvalue weighted by Crippen LogP contribution is 2.18. The minimum Gasteiger partial charge on any atom is -0.379 e. The van der Waals surface area contributed by atoms with Crippen LogP contribution < -0.4 is 16.0 Å². The van der Waals surface area contributed by atoms with E-state index in [1.165, 1.54) is 0 Å². The molecule has 5 heteroatoms. The van der Waals surface area contributed by atoms with Crippen LogP contribution in [0.4, 0.5) is 4.79 Å². The van der Waals surface area contributed by atoms with Crippen LogP contribution in [0, 0.1) is 0 Å². The van der Waals surface area contributed by atoms with Crippen molar-refractivity contribution in [2.75, 3.05) is 7.05 Å². The van der Waals surface area contributed by atoms with E-state index in [9.17, 15) is 4.79 Å². The highest BCUT2D eigenvalue weighted by atomic mass is 16.3. The summed E-state index contributed by atoms with van der Waals surface area (Å²) < 4.78 is 0. The molecular formula is C10H21N3O2. The Kier molecular flexibility index (Phi) is 4.84. The molecule has 4 N–H and O–H groups in total. The maximum Gasteiger partial charge on any atom is 0.314 e. The van der Waals surface area contributed by atoms with Gasteiger partial charge in [-0.2, -0.15) is 0 Å². The molecule has 0 saturated heterocycles. The molecule has 1 rings (SSSR count). The van der Waals surface area contributed by atoms with Gasteiger partial charge < -0.3 is 15.7 Å². The van der Waals surface area contributed by atoms with Crippen molar-refractivity contribution in [2.45, 2.75) is 50.9 Å². The number of carbonyl (C=O) groups is 1. The summed E-state index contributed by atoms with van der Waals surface area (Å²) in [6.45, 7) is 1.73. The Bertz CT molecular complexity index is 201. The van der Waals surface area contributed by atoms with Crippen LogP contribution in [0.2, 0.25) is 0 Å². The summed E-state index contributed by atoms with van der Waals surface area (Å²) in [5, 5.41) is 17.7. The van der Waals surface area contributed by atoms with E-state index < -0.39 is 6.23 Å². The predicted octanol–water partition coefficient (Wildman–Crippen LogP) is 0.155. The summed E-state index contributed by atoms with van der Waals surface area (Å²) in [5.74, 6) is 0. The quantitative estimate of drug-likeness (QED) is 0.507. The number of nitrogens with one attached hydrogen (secondary N) is 3. The fraction of sp³-hybridized carbons (Fsp3) is 0.900. The van der Waals surface area contributed by atoms with Crippen LogP contribution in [0.3, 0.4) is 0 Å². The minimum atomic E-state index is -0.446. The topological polar surface area (TPSA) is 73.4 Å². The number of rotatable bonds is 3. The van der Waals surface area contributed by atoms with E-state index in [1.807, 2.05) is 0 Å². The fourth-order valence-corrected chi connectivity index (χ4v) is 2.00. The number of hydrogen-bond donors (Lipinski definition) is 4. The third-order valence-corrected chi connectivity index (χ3v) is 2.77. The zero-order chi connectivity index (χ0) is 11.3. The summed E-state index contributed by atoms with van der Waals surface area (Å²) in [7, 11) is 1.62. The van der Waals surface area contributed by atoms with Gasteiger partial charge in [-0.15, -0.1) is 0 Å². The van der Waals surface area contributed by atoms with Crippen molar-refractivity contribution in [1.29, 1.82) is 0 Å². The van der Waals surface area contributed by atoms with E-state index in [1.54, 1.807) is 14.0 Å². The maximum atomic E-state index is 11.1. The summed E-state index contributed by atoms with van der Waals surface area (Å²) >= 11 is 0. The lowest BCUT2D eigenvalue weighted by Crippen LogP contribution is -2.46. The van der Waals surface area contributed by atoms with E-state index >= 15 is 0 Å². The van der Waals surface area contributed by atoms with Gasteiger partial charge in [0.25, 0.3) is 0 Å². The van der Waals surface area contributed by atoms with Crippen LogP contribution in [0.5, 0.6) is 0 Å². The number of aliphatic hydroxyl groups is 1. The molecule has 0 aliphatic heterocycles. The Balaban J connectivity index is 2.20. The molecule has 15 heavy (non-hydrogen) atoms. The Labute approximate surface area is 90.6 Å². The number of aliphatic hydroxyl groups excluding tert-OH is 1. The second-order valence-corrected chi connectivity index (χ2v) is 4.11. The van der Waals surface area contributed by atoms with Gasteiger partial charge in [0.1, 0.15) is 6.23 Å². The molecule has 1 saturated carbocycles. The molecule has 0 spiro atoms. The van der Waals surface area contributed by atoms with Crippen molar-refractivity contribution in [3.63, 3.8) is 0 Å². The monoisotopic (exact) mass is 215 g/mol. The average molecular weight is 215 g/mol. The molecule has 0 aromatic rings. The van der Waals surface area contributed by atoms with E-state index in [2.05, 4.69) is 16.0 Å². The van der Waals surface area contributed by atoms with Crippen LogP contribution >= 0.6 is 0 Å².